The average molecular weight is 668 g/mol. The highest BCUT2D eigenvalue weighted by atomic mass is 15.4. The van der Waals surface area contributed by atoms with Gasteiger partial charge in [0.05, 0.1) is 34.2 Å². The zero-order chi connectivity index (χ0) is 34.4. The van der Waals surface area contributed by atoms with Gasteiger partial charge in [0.15, 0.2) is 0 Å². The number of hydrogen-bond donors (Lipinski definition) is 0. The van der Waals surface area contributed by atoms with Gasteiger partial charge in [0, 0.05) is 17.5 Å². The maximum Gasteiger partial charge on any atom is 0.233 e. The van der Waals surface area contributed by atoms with Crippen LogP contribution in [0.25, 0.3) is 50.1 Å². The van der Waals surface area contributed by atoms with E-state index in [4.69, 9.17) is 15.0 Å². The van der Waals surface area contributed by atoms with Crippen molar-refractivity contribution >= 4 is 34.3 Å². The number of fused-ring (bicyclic) bond motifs is 7. The van der Waals surface area contributed by atoms with E-state index in [1.54, 1.807) is 0 Å². The molecule has 0 bridgehead atoms. The predicted octanol–water partition coefficient (Wildman–Crippen LogP) is 11.5. The van der Waals surface area contributed by atoms with Crippen molar-refractivity contribution in [2.45, 2.75) is 12.5 Å². The number of benzene rings is 7. The number of nitrogens with zero attached hydrogens (tertiary/aromatic N) is 5. The van der Waals surface area contributed by atoms with Gasteiger partial charge in [-0.3, -0.25) is 4.57 Å². The molecule has 10 rings (SSSR count). The summed E-state index contributed by atoms with van der Waals surface area (Å²) in [6, 6.07) is 63.9. The van der Waals surface area contributed by atoms with Crippen LogP contribution >= 0.6 is 0 Å². The molecule has 1 atom stereocenters. The van der Waals surface area contributed by atoms with E-state index in [2.05, 4.69) is 185 Å². The van der Waals surface area contributed by atoms with E-state index in [1.807, 2.05) is 6.07 Å². The summed E-state index contributed by atoms with van der Waals surface area (Å²) in [4.78, 5) is 18.4. The van der Waals surface area contributed by atoms with Crippen LogP contribution < -0.4 is 4.90 Å². The lowest BCUT2D eigenvalue weighted by Gasteiger charge is -2.28. The monoisotopic (exact) mass is 667 g/mol. The van der Waals surface area contributed by atoms with E-state index < -0.39 is 0 Å². The maximum absolute atomic E-state index is 5.49. The van der Waals surface area contributed by atoms with Crippen molar-refractivity contribution < 1.29 is 0 Å². The van der Waals surface area contributed by atoms with Gasteiger partial charge >= 0.3 is 0 Å². The summed E-state index contributed by atoms with van der Waals surface area (Å²) in [5, 5.41) is 0. The second kappa shape index (κ2) is 12.5. The molecular formula is C47H33N5. The summed E-state index contributed by atoms with van der Waals surface area (Å²) in [5.74, 6) is 1.38. The Kier molecular flexibility index (Phi) is 7.21. The fraction of sp³-hybridized carbons (Fsp3) is 0.0426. The molecule has 3 heterocycles. The summed E-state index contributed by atoms with van der Waals surface area (Å²) >= 11 is 0. The van der Waals surface area contributed by atoms with Crippen molar-refractivity contribution in [1.29, 1.82) is 0 Å². The Hall–Kier alpha value is -6.85. The Morgan fingerprint density at radius 1 is 0.462 bits per heavy atom. The molecule has 0 aliphatic carbocycles. The number of aliphatic imine (C=N–C) groups is 2. The molecule has 0 spiro atoms. The van der Waals surface area contributed by atoms with Gasteiger partial charge in [-0.05, 0) is 57.6 Å². The zero-order valence-electron chi connectivity index (χ0n) is 28.3. The van der Waals surface area contributed by atoms with E-state index >= 15 is 0 Å². The van der Waals surface area contributed by atoms with Crippen LogP contribution in [0.15, 0.2) is 192 Å². The van der Waals surface area contributed by atoms with Crippen LogP contribution in [0, 0.1) is 0 Å². The number of aromatic nitrogens is 2. The first-order chi connectivity index (χ1) is 25.8. The maximum atomic E-state index is 5.49. The van der Waals surface area contributed by atoms with Crippen molar-refractivity contribution in [3.63, 3.8) is 0 Å². The minimum atomic E-state index is -0.156. The number of para-hydroxylation sites is 4. The van der Waals surface area contributed by atoms with E-state index in [9.17, 15) is 0 Å². The van der Waals surface area contributed by atoms with Gasteiger partial charge in [-0.2, -0.15) is 0 Å². The van der Waals surface area contributed by atoms with Gasteiger partial charge in [0.25, 0.3) is 0 Å². The first-order valence-electron chi connectivity index (χ1n) is 17.7. The third-order valence-corrected chi connectivity index (χ3v) is 10.1. The third kappa shape index (κ3) is 5.14. The van der Waals surface area contributed by atoms with Crippen LogP contribution in [0.5, 0.6) is 0 Å². The van der Waals surface area contributed by atoms with Gasteiger partial charge in [-0.25, -0.2) is 19.9 Å². The lowest BCUT2D eigenvalue weighted by Crippen LogP contribution is -2.31. The SMILES string of the molecule is c1ccc(-c2ccc(C3=NC(N4c5ccccc5-c5ccccc5-n5c4nc4ccccc45)=NC(c4ccc(-c5ccccc5)cc4)C3)cc2)cc1. The molecule has 7 aromatic carbocycles. The predicted molar refractivity (Wildman–Crippen MR) is 214 cm³/mol. The molecule has 0 radical (unpaired) electrons. The van der Waals surface area contributed by atoms with Crippen LogP contribution in [-0.4, -0.2) is 21.2 Å². The summed E-state index contributed by atoms with van der Waals surface area (Å²) in [6.07, 6.45) is 0.672. The second-order valence-electron chi connectivity index (χ2n) is 13.2. The normalized spacial score (nSPS) is 14.8. The topological polar surface area (TPSA) is 45.8 Å². The van der Waals surface area contributed by atoms with Gasteiger partial charge in [0.2, 0.25) is 11.9 Å². The smallest absolute Gasteiger partial charge is 0.233 e. The minimum Gasteiger partial charge on any atom is -0.277 e. The molecule has 0 saturated carbocycles. The summed E-state index contributed by atoms with van der Waals surface area (Å²) in [6.45, 7) is 0. The average Bonchev–Trinajstić information content (AvgIpc) is 3.55. The quantitative estimate of drug-likeness (QED) is 0.187. The van der Waals surface area contributed by atoms with E-state index in [0.29, 0.717) is 12.4 Å². The standard InChI is InChI=1S/C47H33N5/c1-3-13-32(14-4-1)34-23-27-36(28-24-34)41-31-42(37-29-25-35(26-30-37)33-15-5-2-6-16-33)49-46(48-41)52-44-21-11-8-18-39(44)38-17-7-10-20-43(38)51-45-22-12-9-19-40(45)50-47(51)52/h1-30,41H,31H2. The summed E-state index contributed by atoms with van der Waals surface area (Å²) in [5.41, 5.74) is 14.2. The molecule has 5 nitrogen and oxygen atoms in total. The van der Waals surface area contributed by atoms with Gasteiger partial charge in [-0.1, -0.05) is 158 Å². The van der Waals surface area contributed by atoms with Crippen molar-refractivity contribution in [2.75, 3.05) is 4.90 Å². The van der Waals surface area contributed by atoms with Crippen molar-refractivity contribution in [2.24, 2.45) is 9.98 Å². The van der Waals surface area contributed by atoms with Gasteiger partial charge in [0.1, 0.15) is 0 Å². The number of rotatable bonds is 4. The molecule has 0 saturated heterocycles. The van der Waals surface area contributed by atoms with Crippen LogP contribution in [0.2, 0.25) is 0 Å². The lowest BCUT2D eigenvalue weighted by atomic mass is 9.94. The molecule has 0 fully saturated rings. The molecule has 8 aromatic rings. The van der Waals surface area contributed by atoms with Crippen LogP contribution in [0.1, 0.15) is 23.6 Å². The highest BCUT2D eigenvalue weighted by molar-refractivity contribution is 6.16. The van der Waals surface area contributed by atoms with Gasteiger partial charge in [-0.15, -0.1) is 0 Å². The Morgan fingerprint density at radius 2 is 0.981 bits per heavy atom. The highest BCUT2D eigenvalue weighted by Gasteiger charge is 2.33. The largest absolute Gasteiger partial charge is 0.277 e. The fourth-order valence-corrected chi connectivity index (χ4v) is 7.56. The summed E-state index contributed by atoms with van der Waals surface area (Å²) < 4.78 is 2.26. The second-order valence-corrected chi connectivity index (χ2v) is 13.2. The van der Waals surface area contributed by atoms with Crippen molar-refractivity contribution in [3.8, 4) is 39.1 Å². The molecular weight excluding hydrogens is 635 g/mol. The number of anilines is 2. The van der Waals surface area contributed by atoms with Crippen molar-refractivity contribution in [1.82, 2.24) is 9.55 Å². The van der Waals surface area contributed by atoms with Crippen LogP contribution in [-0.2, 0) is 0 Å². The zero-order valence-corrected chi connectivity index (χ0v) is 28.3. The molecule has 1 unspecified atom stereocenters. The van der Waals surface area contributed by atoms with E-state index in [-0.39, 0.29) is 6.04 Å². The number of hydrogen-bond acceptors (Lipinski definition) is 4. The number of imidazole rings is 1. The Bertz CT molecular complexity index is 2640. The lowest BCUT2D eigenvalue weighted by molar-refractivity contribution is 0.748. The molecule has 5 heteroatoms. The summed E-state index contributed by atoms with van der Waals surface area (Å²) in [7, 11) is 0. The first kappa shape index (κ1) is 30.0. The molecule has 246 valence electrons. The molecule has 1 aromatic heterocycles. The molecule has 0 amide bonds. The van der Waals surface area contributed by atoms with Crippen LogP contribution in [0.3, 0.4) is 0 Å². The molecule has 2 aliphatic rings. The molecule has 52 heavy (non-hydrogen) atoms. The number of guanidine groups is 1. The van der Waals surface area contributed by atoms with E-state index in [1.165, 1.54) is 22.3 Å². The highest BCUT2D eigenvalue weighted by Crippen LogP contribution is 2.45. The molecule has 2 aliphatic heterocycles. The van der Waals surface area contributed by atoms with Gasteiger partial charge < -0.3 is 0 Å². The Balaban J connectivity index is 1.16. The van der Waals surface area contributed by atoms with Crippen molar-refractivity contribution in [3.05, 3.63) is 193 Å². The third-order valence-electron chi connectivity index (χ3n) is 10.1. The molecule has 0 N–H and O–H groups in total. The van der Waals surface area contributed by atoms with E-state index in [0.717, 1.165) is 56.3 Å². The Labute approximate surface area is 302 Å². The van der Waals surface area contributed by atoms with Crippen LogP contribution in [0.4, 0.5) is 11.6 Å². The fourth-order valence-electron chi connectivity index (χ4n) is 7.56. The Morgan fingerprint density at radius 3 is 1.67 bits per heavy atom. The minimum absolute atomic E-state index is 0.156. The first-order valence-corrected chi connectivity index (χ1v) is 17.7.